The van der Waals surface area contributed by atoms with Crippen molar-refractivity contribution in [3.8, 4) is 0 Å². The zero-order chi connectivity index (χ0) is 14.7. The first-order valence-corrected chi connectivity index (χ1v) is 8.54. The van der Waals surface area contributed by atoms with E-state index in [0.29, 0.717) is 12.0 Å². The summed E-state index contributed by atoms with van der Waals surface area (Å²) >= 11 is 1.88. The third-order valence-corrected chi connectivity index (χ3v) is 4.60. The molecular formula is C14H25N5S. The summed E-state index contributed by atoms with van der Waals surface area (Å²) < 4.78 is 0. The molecular weight excluding hydrogens is 270 g/mol. The van der Waals surface area contributed by atoms with Gasteiger partial charge in [-0.05, 0) is 45.1 Å². The van der Waals surface area contributed by atoms with Crippen molar-refractivity contribution in [2.45, 2.75) is 45.1 Å². The maximum absolute atomic E-state index is 5.60. The summed E-state index contributed by atoms with van der Waals surface area (Å²) in [5.41, 5.74) is 3.74. The van der Waals surface area contributed by atoms with Gasteiger partial charge in [-0.2, -0.15) is 11.8 Å². The van der Waals surface area contributed by atoms with Crippen molar-refractivity contribution in [3.63, 3.8) is 0 Å². The van der Waals surface area contributed by atoms with Crippen LogP contribution < -0.4 is 16.2 Å². The van der Waals surface area contributed by atoms with E-state index >= 15 is 0 Å². The number of nitrogens with one attached hydrogen (secondary N) is 1. The highest BCUT2D eigenvalue weighted by atomic mass is 32.2. The van der Waals surface area contributed by atoms with Crippen molar-refractivity contribution < 1.29 is 0 Å². The number of rotatable bonds is 7. The molecule has 1 unspecified atom stereocenters. The van der Waals surface area contributed by atoms with Gasteiger partial charge >= 0.3 is 0 Å². The summed E-state index contributed by atoms with van der Waals surface area (Å²) in [7, 11) is 2.11. The van der Waals surface area contributed by atoms with Gasteiger partial charge in [-0.1, -0.05) is 0 Å². The molecule has 1 saturated carbocycles. The zero-order valence-corrected chi connectivity index (χ0v) is 13.6. The predicted molar refractivity (Wildman–Crippen MR) is 87.4 cm³/mol. The van der Waals surface area contributed by atoms with Gasteiger partial charge < -0.3 is 10.3 Å². The fourth-order valence-electron chi connectivity index (χ4n) is 2.22. The van der Waals surface area contributed by atoms with E-state index in [9.17, 15) is 0 Å². The normalized spacial score (nSPS) is 16.1. The van der Waals surface area contributed by atoms with Crippen molar-refractivity contribution in [1.29, 1.82) is 0 Å². The van der Waals surface area contributed by atoms with Crippen LogP contribution in [0.1, 0.15) is 43.5 Å². The molecule has 1 aromatic heterocycles. The monoisotopic (exact) mass is 295 g/mol. The van der Waals surface area contributed by atoms with Gasteiger partial charge in [0, 0.05) is 24.6 Å². The summed E-state index contributed by atoms with van der Waals surface area (Å²) in [6.07, 6.45) is 5.67. The van der Waals surface area contributed by atoms with Gasteiger partial charge in [-0.25, -0.2) is 15.8 Å². The standard InChI is InChI=1S/C14H25N5S/c1-9(7-8-20-4)19(3)14-10(2)12(18-15)16-13(17-14)11-5-6-11/h9,11H,5-8,15H2,1-4H3,(H,16,17,18). The number of hydrazine groups is 1. The largest absolute Gasteiger partial charge is 0.357 e. The van der Waals surface area contributed by atoms with E-state index in [-0.39, 0.29) is 0 Å². The molecule has 0 spiro atoms. The first-order valence-electron chi connectivity index (χ1n) is 7.15. The molecule has 2 rings (SSSR count). The minimum Gasteiger partial charge on any atom is -0.357 e. The lowest BCUT2D eigenvalue weighted by atomic mass is 10.2. The molecule has 1 fully saturated rings. The molecule has 1 aliphatic carbocycles. The number of nitrogens with two attached hydrogens (primary N) is 1. The Bertz CT molecular complexity index is 461. The molecule has 0 bridgehead atoms. The van der Waals surface area contributed by atoms with E-state index in [0.717, 1.165) is 35.2 Å². The molecule has 1 aliphatic rings. The maximum Gasteiger partial charge on any atom is 0.148 e. The van der Waals surface area contributed by atoms with Crippen LogP contribution in [-0.2, 0) is 0 Å². The van der Waals surface area contributed by atoms with Crippen LogP contribution in [0.5, 0.6) is 0 Å². The van der Waals surface area contributed by atoms with Crippen LogP contribution in [0.15, 0.2) is 0 Å². The Balaban J connectivity index is 2.26. The van der Waals surface area contributed by atoms with Crippen LogP contribution in [-0.4, -0.2) is 35.1 Å². The molecule has 112 valence electrons. The lowest BCUT2D eigenvalue weighted by molar-refractivity contribution is 0.657. The molecule has 0 aliphatic heterocycles. The van der Waals surface area contributed by atoms with Gasteiger partial charge in [0.2, 0.25) is 0 Å². The third kappa shape index (κ3) is 3.35. The fraction of sp³-hybridized carbons (Fsp3) is 0.714. The first kappa shape index (κ1) is 15.4. The molecule has 0 saturated heterocycles. The molecule has 6 heteroatoms. The van der Waals surface area contributed by atoms with Crippen LogP contribution in [0, 0.1) is 6.92 Å². The first-order chi connectivity index (χ1) is 9.58. The molecule has 20 heavy (non-hydrogen) atoms. The quantitative estimate of drug-likeness (QED) is 0.595. The predicted octanol–water partition coefficient (Wildman–Crippen LogP) is 2.53. The Kier molecular flexibility index (Phi) is 5.10. The topological polar surface area (TPSA) is 67.1 Å². The summed E-state index contributed by atoms with van der Waals surface area (Å²) in [6, 6.07) is 0.453. The fourth-order valence-corrected chi connectivity index (χ4v) is 2.80. The molecule has 3 N–H and O–H groups in total. The highest BCUT2D eigenvalue weighted by Gasteiger charge is 2.29. The molecule has 1 aromatic rings. The van der Waals surface area contributed by atoms with Crippen LogP contribution in [0.25, 0.3) is 0 Å². The van der Waals surface area contributed by atoms with Crippen LogP contribution in [0.4, 0.5) is 11.6 Å². The van der Waals surface area contributed by atoms with Crippen LogP contribution in [0.3, 0.4) is 0 Å². The van der Waals surface area contributed by atoms with Gasteiger partial charge in [0.1, 0.15) is 17.5 Å². The molecule has 0 aromatic carbocycles. The van der Waals surface area contributed by atoms with E-state index in [2.05, 4.69) is 35.5 Å². The van der Waals surface area contributed by atoms with Crippen LogP contribution in [0.2, 0.25) is 0 Å². The number of nitrogen functional groups attached to an aromatic ring is 1. The minimum atomic E-state index is 0.453. The van der Waals surface area contributed by atoms with Crippen molar-refractivity contribution in [3.05, 3.63) is 11.4 Å². The van der Waals surface area contributed by atoms with Crippen molar-refractivity contribution in [2.24, 2.45) is 5.84 Å². The molecule has 5 nitrogen and oxygen atoms in total. The average molecular weight is 295 g/mol. The Hall–Kier alpha value is -1.01. The van der Waals surface area contributed by atoms with Gasteiger partial charge in [0.15, 0.2) is 0 Å². The van der Waals surface area contributed by atoms with Crippen molar-refractivity contribution >= 4 is 23.4 Å². The second-order valence-electron chi connectivity index (χ2n) is 5.54. The number of hydrogen-bond acceptors (Lipinski definition) is 6. The summed E-state index contributed by atoms with van der Waals surface area (Å²) in [5.74, 6) is 9.97. The number of aromatic nitrogens is 2. The number of thioether (sulfide) groups is 1. The van der Waals surface area contributed by atoms with Gasteiger partial charge in [0.25, 0.3) is 0 Å². The SMILES string of the molecule is CSCCC(C)N(C)c1nc(C2CC2)nc(NN)c1C. The number of nitrogens with zero attached hydrogens (tertiary/aromatic N) is 3. The Morgan fingerprint density at radius 3 is 2.70 bits per heavy atom. The summed E-state index contributed by atoms with van der Waals surface area (Å²) in [5, 5.41) is 0. The van der Waals surface area contributed by atoms with E-state index in [1.807, 2.05) is 18.7 Å². The molecule has 1 atom stereocenters. The minimum absolute atomic E-state index is 0.453. The van der Waals surface area contributed by atoms with E-state index in [1.54, 1.807) is 0 Å². The van der Waals surface area contributed by atoms with E-state index < -0.39 is 0 Å². The second kappa shape index (κ2) is 6.63. The van der Waals surface area contributed by atoms with Gasteiger partial charge in [-0.15, -0.1) is 0 Å². The average Bonchev–Trinajstić information content (AvgIpc) is 3.28. The molecule has 0 amide bonds. The van der Waals surface area contributed by atoms with Gasteiger partial charge in [0.05, 0.1) is 0 Å². The van der Waals surface area contributed by atoms with E-state index in [1.165, 1.54) is 12.8 Å². The Labute approximate surface area is 125 Å². The second-order valence-corrected chi connectivity index (χ2v) is 6.52. The lowest BCUT2D eigenvalue weighted by Gasteiger charge is -2.28. The number of hydrogen-bond donors (Lipinski definition) is 2. The zero-order valence-electron chi connectivity index (χ0n) is 12.8. The molecule has 1 heterocycles. The van der Waals surface area contributed by atoms with E-state index in [4.69, 9.17) is 10.8 Å². The summed E-state index contributed by atoms with van der Waals surface area (Å²) in [4.78, 5) is 11.6. The van der Waals surface area contributed by atoms with Crippen molar-refractivity contribution in [1.82, 2.24) is 9.97 Å². The maximum atomic E-state index is 5.60. The lowest BCUT2D eigenvalue weighted by Crippen LogP contribution is -2.31. The summed E-state index contributed by atoms with van der Waals surface area (Å²) in [6.45, 7) is 4.27. The van der Waals surface area contributed by atoms with Gasteiger partial charge in [-0.3, -0.25) is 0 Å². The van der Waals surface area contributed by atoms with Crippen LogP contribution >= 0.6 is 11.8 Å². The number of anilines is 2. The Morgan fingerprint density at radius 2 is 2.15 bits per heavy atom. The highest BCUT2D eigenvalue weighted by Crippen LogP contribution is 2.40. The third-order valence-electron chi connectivity index (χ3n) is 3.95. The smallest absolute Gasteiger partial charge is 0.148 e. The Morgan fingerprint density at radius 1 is 1.45 bits per heavy atom. The van der Waals surface area contributed by atoms with Crippen molar-refractivity contribution in [2.75, 3.05) is 29.4 Å². The highest BCUT2D eigenvalue weighted by molar-refractivity contribution is 7.98. The molecule has 0 radical (unpaired) electrons.